The molecular formula is C15H14INO2. The number of pyridine rings is 1. The minimum absolute atomic E-state index is 0.272. The molecule has 0 unspecified atom stereocenters. The van der Waals surface area contributed by atoms with Gasteiger partial charge in [-0.15, -0.1) is 0 Å². The highest BCUT2D eigenvalue weighted by Gasteiger charge is 2.11. The maximum atomic E-state index is 12.0. The Hall–Kier alpha value is -1.43. The lowest BCUT2D eigenvalue weighted by Gasteiger charge is -2.06. The summed E-state index contributed by atoms with van der Waals surface area (Å²) in [6.07, 6.45) is 0.801. The summed E-state index contributed by atoms with van der Waals surface area (Å²) in [5.74, 6) is -0.378. The van der Waals surface area contributed by atoms with Crippen molar-refractivity contribution in [3.63, 3.8) is 0 Å². The molecule has 1 aromatic carbocycles. The monoisotopic (exact) mass is 367 g/mol. The highest BCUT2D eigenvalue weighted by molar-refractivity contribution is 14.1. The SMILES string of the molecule is CCc1cc(I)cc(C(=O)OCc2ccccc2)n1. The number of halogens is 1. The van der Waals surface area contributed by atoms with Gasteiger partial charge in [0.2, 0.25) is 0 Å². The standard InChI is InChI=1S/C15H14INO2/c1-2-13-8-12(16)9-14(17-13)15(18)19-10-11-6-4-3-5-7-11/h3-9H,2,10H2,1H3. The van der Waals surface area contributed by atoms with Crippen molar-refractivity contribution in [1.29, 1.82) is 0 Å². The van der Waals surface area contributed by atoms with E-state index in [1.54, 1.807) is 6.07 Å². The molecule has 1 aromatic heterocycles. The Bertz CT molecular complexity index is 570. The maximum Gasteiger partial charge on any atom is 0.357 e. The molecular weight excluding hydrogens is 353 g/mol. The largest absolute Gasteiger partial charge is 0.456 e. The number of benzene rings is 1. The lowest BCUT2D eigenvalue weighted by atomic mass is 10.2. The van der Waals surface area contributed by atoms with Crippen LogP contribution in [0.1, 0.15) is 28.7 Å². The van der Waals surface area contributed by atoms with Gasteiger partial charge < -0.3 is 4.74 Å². The van der Waals surface area contributed by atoms with Crippen LogP contribution in [0, 0.1) is 3.57 Å². The molecule has 1 heterocycles. The summed E-state index contributed by atoms with van der Waals surface area (Å²) in [6, 6.07) is 13.3. The zero-order chi connectivity index (χ0) is 13.7. The molecule has 3 nitrogen and oxygen atoms in total. The van der Waals surface area contributed by atoms with Gasteiger partial charge in [-0.05, 0) is 46.7 Å². The van der Waals surface area contributed by atoms with Crippen molar-refractivity contribution in [3.05, 3.63) is 63.0 Å². The van der Waals surface area contributed by atoms with Crippen LogP contribution in [0.3, 0.4) is 0 Å². The first kappa shape index (κ1) is 14.0. The van der Waals surface area contributed by atoms with Gasteiger partial charge in [-0.3, -0.25) is 0 Å². The number of hydrogen-bond acceptors (Lipinski definition) is 3. The topological polar surface area (TPSA) is 39.2 Å². The van der Waals surface area contributed by atoms with E-state index in [0.29, 0.717) is 5.69 Å². The van der Waals surface area contributed by atoms with Crippen molar-refractivity contribution in [2.75, 3.05) is 0 Å². The van der Waals surface area contributed by atoms with Crippen molar-refractivity contribution in [1.82, 2.24) is 4.98 Å². The van der Waals surface area contributed by atoms with Gasteiger partial charge in [-0.1, -0.05) is 37.3 Å². The van der Waals surface area contributed by atoms with E-state index in [0.717, 1.165) is 21.2 Å². The fourth-order valence-corrected chi connectivity index (χ4v) is 2.29. The van der Waals surface area contributed by atoms with Crippen LogP contribution in [0.4, 0.5) is 0 Å². The van der Waals surface area contributed by atoms with Crippen LogP contribution in [-0.2, 0) is 17.8 Å². The fourth-order valence-electron chi connectivity index (χ4n) is 1.63. The predicted molar refractivity (Wildman–Crippen MR) is 81.9 cm³/mol. The number of carbonyl (C=O) groups is 1. The van der Waals surface area contributed by atoms with E-state index in [-0.39, 0.29) is 12.6 Å². The number of esters is 1. The molecule has 0 atom stereocenters. The second-order valence-corrected chi connectivity index (χ2v) is 5.32. The molecule has 4 heteroatoms. The molecule has 0 aliphatic heterocycles. The molecule has 0 aliphatic rings. The summed E-state index contributed by atoms with van der Waals surface area (Å²) in [5, 5.41) is 0. The first-order valence-electron chi connectivity index (χ1n) is 6.06. The molecule has 0 amide bonds. The Morgan fingerprint density at radius 1 is 1.26 bits per heavy atom. The van der Waals surface area contributed by atoms with Gasteiger partial charge in [-0.25, -0.2) is 9.78 Å². The summed E-state index contributed by atoms with van der Waals surface area (Å²) in [6.45, 7) is 2.28. The molecule has 98 valence electrons. The number of carbonyl (C=O) groups excluding carboxylic acids is 1. The van der Waals surface area contributed by atoms with Gasteiger partial charge in [0.15, 0.2) is 0 Å². The van der Waals surface area contributed by atoms with Crippen molar-refractivity contribution in [2.24, 2.45) is 0 Å². The number of ether oxygens (including phenoxy) is 1. The summed E-state index contributed by atoms with van der Waals surface area (Å²) >= 11 is 2.18. The van der Waals surface area contributed by atoms with Crippen LogP contribution in [0.2, 0.25) is 0 Å². The van der Waals surface area contributed by atoms with E-state index >= 15 is 0 Å². The van der Waals surface area contributed by atoms with Crippen LogP contribution < -0.4 is 0 Å². The third-order valence-electron chi connectivity index (χ3n) is 2.63. The summed E-state index contributed by atoms with van der Waals surface area (Å²) in [7, 11) is 0. The van der Waals surface area contributed by atoms with Gasteiger partial charge in [0, 0.05) is 9.26 Å². The van der Waals surface area contributed by atoms with E-state index in [9.17, 15) is 4.79 Å². The highest BCUT2D eigenvalue weighted by Crippen LogP contribution is 2.11. The molecule has 0 radical (unpaired) electrons. The van der Waals surface area contributed by atoms with Crippen LogP contribution in [0.15, 0.2) is 42.5 Å². The third kappa shape index (κ3) is 4.02. The summed E-state index contributed by atoms with van der Waals surface area (Å²) in [4.78, 5) is 16.2. The van der Waals surface area contributed by atoms with Crippen LogP contribution in [0.5, 0.6) is 0 Å². The molecule has 2 rings (SSSR count). The molecule has 0 saturated heterocycles. The summed E-state index contributed by atoms with van der Waals surface area (Å²) in [5.41, 5.74) is 2.25. The Morgan fingerprint density at radius 2 is 2.00 bits per heavy atom. The highest BCUT2D eigenvalue weighted by atomic mass is 127. The molecule has 2 aromatic rings. The molecule has 0 aliphatic carbocycles. The van der Waals surface area contributed by atoms with E-state index in [2.05, 4.69) is 27.6 Å². The van der Waals surface area contributed by atoms with Crippen LogP contribution in [-0.4, -0.2) is 11.0 Å². The second kappa shape index (κ2) is 6.65. The van der Waals surface area contributed by atoms with Crippen molar-refractivity contribution >= 4 is 28.6 Å². The zero-order valence-corrected chi connectivity index (χ0v) is 12.8. The van der Waals surface area contributed by atoms with Crippen molar-refractivity contribution in [2.45, 2.75) is 20.0 Å². The predicted octanol–water partition coefficient (Wildman–Crippen LogP) is 3.61. The fraction of sp³-hybridized carbons (Fsp3) is 0.200. The second-order valence-electron chi connectivity index (χ2n) is 4.08. The van der Waals surface area contributed by atoms with E-state index < -0.39 is 0 Å². The molecule has 0 bridgehead atoms. The average molecular weight is 367 g/mol. The minimum atomic E-state index is -0.378. The van der Waals surface area contributed by atoms with E-state index in [4.69, 9.17) is 4.74 Å². The molecule has 0 N–H and O–H groups in total. The molecule has 0 spiro atoms. The van der Waals surface area contributed by atoms with E-state index in [1.807, 2.05) is 43.3 Å². The molecule has 19 heavy (non-hydrogen) atoms. The van der Waals surface area contributed by atoms with Crippen molar-refractivity contribution < 1.29 is 9.53 Å². The summed E-state index contributed by atoms with van der Waals surface area (Å²) < 4.78 is 6.26. The molecule has 0 fully saturated rings. The van der Waals surface area contributed by atoms with Gasteiger partial charge in [-0.2, -0.15) is 0 Å². The smallest absolute Gasteiger partial charge is 0.357 e. The normalized spacial score (nSPS) is 10.2. The molecule has 0 saturated carbocycles. The van der Waals surface area contributed by atoms with Gasteiger partial charge in [0.25, 0.3) is 0 Å². The lowest BCUT2D eigenvalue weighted by molar-refractivity contribution is 0.0465. The number of aryl methyl sites for hydroxylation is 1. The third-order valence-corrected chi connectivity index (χ3v) is 3.25. The average Bonchev–Trinajstić information content (AvgIpc) is 2.45. The maximum absolute atomic E-state index is 12.0. The first-order valence-corrected chi connectivity index (χ1v) is 7.14. The number of rotatable bonds is 4. The van der Waals surface area contributed by atoms with Crippen LogP contribution >= 0.6 is 22.6 Å². The van der Waals surface area contributed by atoms with Gasteiger partial charge in [0.1, 0.15) is 12.3 Å². The number of nitrogens with zero attached hydrogens (tertiary/aromatic N) is 1. The Morgan fingerprint density at radius 3 is 2.68 bits per heavy atom. The van der Waals surface area contributed by atoms with Gasteiger partial charge in [0.05, 0.1) is 0 Å². The van der Waals surface area contributed by atoms with Crippen molar-refractivity contribution in [3.8, 4) is 0 Å². The van der Waals surface area contributed by atoms with E-state index in [1.165, 1.54) is 0 Å². The Kier molecular flexibility index (Phi) is 4.90. The quantitative estimate of drug-likeness (QED) is 0.612. The first-order chi connectivity index (χ1) is 9.19. The zero-order valence-electron chi connectivity index (χ0n) is 10.6. The van der Waals surface area contributed by atoms with Crippen LogP contribution in [0.25, 0.3) is 0 Å². The number of hydrogen-bond donors (Lipinski definition) is 0. The Balaban J connectivity index is 2.06. The Labute approximate surface area is 126 Å². The minimum Gasteiger partial charge on any atom is -0.456 e. The van der Waals surface area contributed by atoms with Gasteiger partial charge >= 0.3 is 5.97 Å². The lowest BCUT2D eigenvalue weighted by Crippen LogP contribution is -2.09. The number of aromatic nitrogens is 1.